The number of nitrogens with zero attached hydrogens (tertiary/aromatic N) is 4. The van der Waals surface area contributed by atoms with E-state index in [-0.39, 0.29) is 12.4 Å². The predicted octanol–water partition coefficient (Wildman–Crippen LogP) is 3.25. The van der Waals surface area contributed by atoms with Crippen molar-refractivity contribution in [2.75, 3.05) is 6.54 Å². The largest absolute Gasteiger partial charge is 0.308 e. The van der Waals surface area contributed by atoms with Crippen LogP contribution in [0, 0.1) is 0 Å². The van der Waals surface area contributed by atoms with E-state index in [1.54, 1.807) is 11.3 Å². The van der Waals surface area contributed by atoms with Gasteiger partial charge in [0.25, 0.3) is 0 Å². The Bertz CT molecular complexity index is 798. The first-order valence-corrected chi connectivity index (χ1v) is 7.91. The average Bonchev–Trinajstić information content (AvgIpc) is 3.14. The minimum atomic E-state index is 0. The maximum absolute atomic E-state index is 6.04. The van der Waals surface area contributed by atoms with Gasteiger partial charge in [0, 0.05) is 29.1 Å². The summed E-state index contributed by atoms with van der Waals surface area (Å²) in [5.74, 6) is 1.81. The summed E-state index contributed by atoms with van der Waals surface area (Å²) in [5, 5.41) is 15.5. The normalized spacial score (nSPS) is 13.5. The lowest BCUT2D eigenvalue weighted by Gasteiger charge is -2.15. The Labute approximate surface area is 142 Å². The number of aromatic nitrogens is 4. The third-order valence-electron chi connectivity index (χ3n) is 3.43. The smallest absolute Gasteiger partial charge is 0.183 e. The zero-order chi connectivity index (χ0) is 14.2. The molecular formula is C14H13Cl2N5S. The Hall–Kier alpha value is -1.47. The lowest BCUT2D eigenvalue weighted by atomic mass is 10.2. The van der Waals surface area contributed by atoms with Crippen molar-refractivity contribution in [2.45, 2.75) is 13.1 Å². The molecule has 3 heterocycles. The molecule has 1 aliphatic rings. The van der Waals surface area contributed by atoms with E-state index < -0.39 is 0 Å². The molecule has 5 nitrogen and oxygen atoms in total. The van der Waals surface area contributed by atoms with Gasteiger partial charge in [-0.2, -0.15) is 0 Å². The van der Waals surface area contributed by atoms with Crippen molar-refractivity contribution in [1.82, 2.24) is 25.1 Å². The van der Waals surface area contributed by atoms with Crippen LogP contribution in [0.2, 0.25) is 5.02 Å². The summed E-state index contributed by atoms with van der Waals surface area (Å²) in [5.41, 5.74) is 1.90. The highest BCUT2D eigenvalue weighted by Gasteiger charge is 2.18. The highest BCUT2D eigenvalue weighted by Crippen LogP contribution is 2.29. The van der Waals surface area contributed by atoms with Crippen LogP contribution in [-0.2, 0) is 13.1 Å². The van der Waals surface area contributed by atoms with Gasteiger partial charge >= 0.3 is 0 Å². The van der Waals surface area contributed by atoms with Crippen LogP contribution in [0.15, 0.2) is 29.6 Å². The lowest BCUT2D eigenvalue weighted by Crippen LogP contribution is -2.28. The third kappa shape index (κ3) is 2.75. The molecule has 0 bridgehead atoms. The molecule has 3 aromatic rings. The van der Waals surface area contributed by atoms with Gasteiger partial charge in [0.05, 0.1) is 6.54 Å². The van der Waals surface area contributed by atoms with Crippen LogP contribution >= 0.6 is 35.3 Å². The maximum Gasteiger partial charge on any atom is 0.183 e. The number of rotatable bonds is 2. The second kappa shape index (κ2) is 6.34. The van der Waals surface area contributed by atoms with Gasteiger partial charge in [-0.05, 0) is 12.1 Å². The van der Waals surface area contributed by atoms with Crippen molar-refractivity contribution < 1.29 is 0 Å². The van der Waals surface area contributed by atoms with Gasteiger partial charge in [-0.1, -0.05) is 23.7 Å². The summed E-state index contributed by atoms with van der Waals surface area (Å²) in [6, 6.07) is 7.73. The summed E-state index contributed by atoms with van der Waals surface area (Å²) < 4.78 is 2.13. The quantitative estimate of drug-likeness (QED) is 0.768. The van der Waals surface area contributed by atoms with Crippen LogP contribution in [0.25, 0.3) is 22.1 Å². The zero-order valence-electron chi connectivity index (χ0n) is 11.5. The van der Waals surface area contributed by atoms with Crippen LogP contribution in [0.4, 0.5) is 0 Å². The second-order valence-electron chi connectivity index (χ2n) is 4.82. The topological polar surface area (TPSA) is 55.6 Å². The molecule has 114 valence electrons. The third-order valence-corrected chi connectivity index (χ3v) is 4.55. The van der Waals surface area contributed by atoms with Gasteiger partial charge in [-0.25, -0.2) is 4.98 Å². The van der Waals surface area contributed by atoms with Gasteiger partial charge in [0.15, 0.2) is 5.82 Å². The number of fused-ring (bicyclic) bond motifs is 1. The Kier molecular flexibility index (Phi) is 4.44. The van der Waals surface area contributed by atoms with Crippen molar-refractivity contribution in [2.24, 2.45) is 0 Å². The zero-order valence-corrected chi connectivity index (χ0v) is 13.9. The van der Waals surface area contributed by atoms with E-state index in [4.69, 9.17) is 11.6 Å². The van der Waals surface area contributed by atoms with E-state index in [9.17, 15) is 0 Å². The molecule has 0 saturated carbocycles. The van der Waals surface area contributed by atoms with Crippen molar-refractivity contribution in [1.29, 1.82) is 0 Å². The summed E-state index contributed by atoms with van der Waals surface area (Å²) in [4.78, 5) is 4.69. The van der Waals surface area contributed by atoms with Crippen LogP contribution < -0.4 is 5.32 Å². The van der Waals surface area contributed by atoms with Gasteiger partial charge < -0.3 is 9.88 Å². The van der Waals surface area contributed by atoms with E-state index in [0.29, 0.717) is 0 Å². The van der Waals surface area contributed by atoms with Crippen LogP contribution in [0.5, 0.6) is 0 Å². The van der Waals surface area contributed by atoms with Crippen molar-refractivity contribution in [3.8, 4) is 22.1 Å². The molecule has 0 atom stereocenters. The summed E-state index contributed by atoms with van der Waals surface area (Å²) in [7, 11) is 0. The standard InChI is InChI=1S/C14H12ClN5S.ClH/c15-10-3-1-2-9(6-10)14-17-11(8-21-14)13-19-18-12-7-16-4-5-20(12)13;/h1-3,6,8,16H,4-5,7H2;1H. The molecule has 0 radical (unpaired) electrons. The predicted molar refractivity (Wildman–Crippen MR) is 90.5 cm³/mol. The molecule has 0 aliphatic carbocycles. The minimum Gasteiger partial charge on any atom is -0.308 e. The summed E-state index contributed by atoms with van der Waals surface area (Å²) >= 11 is 7.63. The molecule has 22 heavy (non-hydrogen) atoms. The molecular weight excluding hydrogens is 341 g/mol. The second-order valence-corrected chi connectivity index (χ2v) is 6.11. The van der Waals surface area contributed by atoms with Gasteiger partial charge in [0.2, 0.25) is 0 Å². The van der Waals surface area contributed by atoms with Crippen molar-refractivity contribution in [3.05, 3.63) is 40.5 Å². The SMILES string of the molecule is Cl.Clc1cccc(-c2nc(-c3nnc4n3CCNC4)cs2)c1. The number of halogens is 2. The summed E-state index contributed by atoms with van der Waals surface area (Å²) in [6.07, 6.45) is 0. The van der Waals surface area contributed by atoms with E-state index in [0.717, 1.165) is 52.6 Å². The molecule has 1 aliphatic heterocycles. The first kappa shape index (κ1) is 15.4. The fourth-order valence-corrected chi connectivity index (χ4v) is 3.40. The van der Waals surface area contributed by atoms with Crippen LogP contribution in [-0.4, -0.2) is 26.3 Å². The molecule has 0 amide bonds. The number of hydrogen-bond acceptors (Lipinski definition) is 5. The Morgan fingerprint density at radius 1 is 1.27 bits per heavy atom. The van der Waals surface area contributed by atoms with E-state index in [1.807, 2.05) is 29.6 Å². The molecule has 2 aromatic heterocycles. The monoisotopic (exact) mass is 353 g/mol. The minimum absolute atomic E-state index is 0. The fourth-order valence-electron chi connectivity index (χ4n) is 2.41. The van der Waals surface area contributed by atoms with E-state index >= 15 is 0 Å². The van der Waals surface area contributed by atoms with Gasteiger partial charge in [0.1, 0.15) is 16.5 Å². The number of benzene rings is 1. The fraction of sp³-hybridized carbons (Fsp3) is 0.214. The molecule has 0 saturated heterocycles. The molecule has 0 spiro atoms. The first-order chi connectivity index (χ1) is 10.3. The van der Waals surface area contributed by atoms with Gasteiger partial charge in [-0.15, -0.1) is 33.9 Å². The Morgan fingerprint density at radius 2 is 2.18 bits per heavy atom. The maximum atomic E-state index is 6.04. The summed E-state index contributed by atoms with van der Waals surface area (Å²) in [6.45, 7) is 2.57. The number of nitrogens with one attached hydrogen (secondary N) is 1. The Balaban J connectivity index is 0.00000144. The highest BCUT2D eigenvalue weighted by molar-refractivity contribution is 7.13. The number of hydrogen-bond donors (Lipinski definition) is 1. The van der Waals surface area contributed by atoms with Crippen molar-refractivity contribution >= 4 is 35.3 Å². The highest BCUT2D eigenvalue weighted by atomic mass is 35.5. The lowest BCUT2D eigenvalue weighted by molar-refractivity contribution is 0.508. The molecule has 1 aromatic carbocycles. The van der Waals surface area contributed by atoms with Crippen LogP contribution in [0.1, 0.15) is 5.82 Å². The first-order valence-electron chi connectivity index (χ1n) is 6.66. The van der Waals surface area contributed by atoms with E-state index in [1.165, 1.54) is 0 Å². The van der Waals surface area contributed by atoms with Crippen molar-refractivity contribution in [3.63, 3.8) is 0 Å². The van der Waals surface area contributed by atoms with Gasteiger partial charge in [-0.3, -0.25) is 0 Å². The van der Waals surface area contributed by atoms with E-state index in [2.05, 4.69) is 25.1 Å². The molecule has 8 heteroatoms. The molecule has 1 N–H and O–H groups in total. The van der Waals surface area contributed by atoms with Crippen LogP contribution in [0.3, 0.4) is 0 Å². The number of thiazole rings is 1. The molecule has 0 fully saturated rings. The Morgan fingerprint density at radius 3 is 3.05 bits per heavy atom. The molecule has 4 rings (SSSR count). The average molecular weight is 354 g/mol. The molecule has 0 unspecified atom stereocenters.